The van der Waals surface area contributed by atoms with E-state index < -0.39 is 6.72 Å². The molecule has 0 spiro atoms. The van der Waals surface area contributed by atoms with Crippen LogP contribution in [0.25, 0.3) is 11.2 Å². The molecule has 2 atom stereocenters. The van der Waals surface area contributed by atoms with Crippen LogP contribution in [0, 0.1) is 0 Å². The maximum Gasteiger partial charge on any atom is 0.361 e. The zero-order valence-electron chi connectivity index (χ0n) is 14.8. The van der Waals surface area contributed by atoms with E-state index in [4.69, 9.17) is 35.7 Å². The Labute approximate surface area is 164 Å². The summed E-state index contributed by atoms with van der Waals surface area (Å²) in [6.07, 6.45) is 2.36. The monoisotopic (exact) mass is 425 g/mol. The predicted octanol–water partition coefficient (Wildman–Crippen LogP) is 3.01. The lowest BCUT2D eigenvalue weighted by molar-refractivity contribution is 0.0844. The number of ether oxygens (including phenoxy) is 3. The van der Waals surface area contributed by atoms with Crippen molar-refractivity contribution in [2.24, 2.45) is 0 Å². The summed E-state index contributed by atoms with van der Waals surface area (Å²) in [5, 5.41) is 0. The van der Waals surface area contributed by atoms with Gasteiger partial charge in [-0.05, 0) is 30.3 Å². The van der Waals surface area contributed by atoms with E-state index in [1.807, 2.05) is 6.92 Å². The van der Waals surface area contributed by atoms with Crippen LogP contribution in [0.15, 0.2) is 30.9 Å². The van der Waals surface area contributed by atoms with E-state index in [1.165, 1.54) is 6.33 Å². The summed E-state index contributed by atoms with van der Waals surface area (Å²) >= 11 is 6.04. The first-order valence-electron chi connectivity index (χ1n) is 8.32. The van der Waals surface area contributed by atoms with E-state index in [9.17, 15) is 4.57 Å². The first-order chi connectivity index (χ1) is 13.4. The Morgan fingerprint density at radius 2 is 2.14 bits per heavy atom. The Bertz CT molecular complexity index is 1060. The minimum Gasteiger partial charge on any atom is -0.454 e. The highest BCUT2D eigenvalue weighted by molar-refractivity contribution is 7.85. The van der Waals surface area contributed by atoms with E-state index in [0.717, 1.165) is 0 Å². The number of benzene rings is 1. The fraction of sp³-hybridized carbons (Fsp3) is 0.312. The lowest BCUT2D eigenvalue weighted by Crippen LogP contribution is -2.17. The molecule has 2 unspecified atom stereocenters. The average Bonchev–Trinajstić information content (AvgIpc) is 3.27. The molecule has 0 bridgehead atoms. The van der Waals surface area contributed by atoms with Crippen molar-refractivity contribution in [3.05, 3.63) is 30.9 Å². The predicted molar refractivity (Wildman–Crippen MR) is 102 cm³/mol. The molecular weight excluding hydrogens is 409 g/mol. The number of rotatable bonds is 7. The van der Waals surface area contributed by atoms with E-state index >= 15 is 0 Å². The number of anilines is 1. The van der Waals surface area contributed by atoms with Gasteiger partial charge in [-0.3, -0.25) is 4.57 Å². The van der Waals surface area contributed by atoms with E-state index in [-0.39, 0.29) is 19.2 Å². The maximum absolute atomic E-state index is 12.5. The van der Waals surface area contributed by atoms with Gasteiger partial charge < -0.3 is 29.0 Å². The topological polar surface area (TPSA) is 124 Å². The molecule has 10 nitrogen and oxygen atoms in total. The van der Waals surface area contributed by atoms with Crippen molar-refractivity contribution < 1.29 is 23.3 Å². The molecule has 2 aromatic heterocycles. The normalized spacial score (nSPS) is 16.1. The molecule has 0 saturated carbocycles. The molecule has 2 N–H and O–H groups in total. The summed E-state index contributed by atoms with van der Waals surface area (Å²) in [6.45, 7) is -1.20. The molecule has 0 radical (unpaired) electrons. The summed E-state index contributed by atoms with van der Waals surface area (Å²) < 4.78 is 35.8. The number of fused-ring (bicyclic) bond motifs is 2. The van der Waals surface area contributed by atoms with Crippen molar-refractivity contribution in [1.82, 2.24) is 19.5 Å². The van der Waals surface area contributed by atoms with Gasteiger partial charge in [0.25, 0.3) is 0 Å². The molecule has 1 aromatic carbocycles. The first-order valence-corrected chi connectivity index (χ1v) is 11.0. The van der Waals surface area contributed by atoms with Gasteiger partial charge in [-0.15, -0.1) is 0 Å². The fourth-order valence-corrected chi connectivity index (χ4v) is 4.02. The molecule has 4 rings (SSSR count). The van der Waals surface area contributed by atoms with Gasteiger partial charge in [-0.1, -0.05) is 0 Å². The highest BCUT2D eigenvalue weighted by Gasteiger charge is 2.25. The zero-order chi connectivity index (χ0) is 19.7. The van der Waals surface area contributed by atoms with Gasteiger partial charge in [0, 0.05) is 6.07 Å². The highest BCUT2D eigenvalue weighted by atomic mass is 35.7. The van der Waals surface area contributed by atoms with Crippen molar-refractivity contribution in [3.63, 3.8) is 0 Å². The smallest absolute Gasteiger partial charge is 0.361 e. The Morgan fingerprint density at radius 3 is 3.00 bits per heavy atom. The van der Waals surface area contributed by atoms with Gasteiger partial charge in [0.05, 0.1) is 19.0 Å². The lowest BCUT2D eigenvalue weighted by Gasteiger charge is -2.17. The molecule has 12 heteroatoms. The van der Waals surface area contributed by atoms with Crippen LogP contribution in [0.1, 0.15) is 6.92 Å². The van der Waals surface area contributed by atoms with Gasteiger partial charge >= 0.3 is 6.72 Å². The zero-order valence-corrected chi connectivity index (χ0v) is 16.5. The molecule has 0 saturated heterocycles. The van der Waals surface area contributed by atoms with Crippen LogP contribution < -0.4 is 19.7 Å². The molecule has 0 aliphatic carbocycles. The fourth-order valence-electron chi connectivity index (χ4n) is 2.70. The summed E-state index contributed by atoms with van der Waals surface area (Å²) in [6, 6.07) is 4.84. The Morgan fingerprint density at radius 1 is 1.32 bits per heavy atom. The second kappa shape index (κ2) is 7.46. The van der Waals surface area contributed by atoms with E-state index in [0.29, 0.717) is 40.8 Å². The van der Waals surface area contributed by atoms with Crippen LogP contribution in [-0.4, -0.2) is 38.8 Å². The number of nitrogens with zero attached hydrogens (tertiary/aromatic N) is 4. The number of imidazole rings is 1. The van der Waals surface area contributed by atoms with Gasteiger partial charge in [-0.2, -0.15) is 0 Å². The number of halogens is 1. The largest absolute Gasteiger partial charge is 0.454 e. The highest BCUT2D eigenvalue weighted by Crippen LogP contribution is 2.53. The van der Waals surface area contributed by atoms with Crippen molar-refractivity contribution in [2.45, 2.75) is 19.6 Å². The Kier molecular flexibility index (Phi) is 5.01. The quantitative estimate of drug-likeness (QED) is 0.568. The molecule has 3 heterocycles. The maximum atomic E-state index is 12.5. The van der Waals surface area contributed by atoms with Gasteiger partial charge in [-0.25, -0.2) is 15.0 Å². The van der Waals surface area contributed by atoms with Crippen molar-refractivity contribution in [3.8, 4) is 17.2 Å². The van der Waals surface area contributed by atoms with Crippen LogP contribution >= 0.6 is 18.0 Å². The molecule has 1 aliphatic rings. The second-order valence-electron chi connectivity index (χ2n) is 6.13. The van der Waals surface area contributed by atoms with E-state index in [1.54, 1.807) is 29.1 Å². The standard InChI is InChI=1S/C16H17ClN5O5P/c1-10(5-22-7-21-14-15(18)19-6-20-16(14)22)26-9-28(17,23)27-11-2-3-12-13(4-11)25-8-24-12/h2-4,6-7,10H,5,8-9H2,1H3,(H2,18,19,20). The molecule has 148 valence electrons. The number of aromatic nitrogens is 4. The van der Waals surface area contributed by atoms with Gasteiger partial charge in [0.2, 0.25) is 6.79 Å². The van der Waals surface area contributed by atoms with Gasteiger partial charge in [0.1, 0.15) is 23.9 Å². The Hall–Kier alpha value is -2.55. The molecule has 0 amide bonds. The number of hydrogen-bond donors (Lipinski definition) is 1. The number of nitrogen functional groups attached to an aromatic ring is 1. The summed E-state index contributed by atoms with van der Waals surface area (Å²) in [7, 11) is 0. The van der Waals surface area contributed by atoms with Crippen LogP contribution in [0.3, 0.4) is 0 Å². The molecule has 1 aliphatic heterocycles. The summed E-state index contributed by atoms with van der Waals surface area (Å²) in [4.78, 5) is 12.3. The van der Waals surface area contributed by atoms with Crippen molar-refractivity contribution in [2.75, 3.05) is 18.9 Å². The first kappa shape index (κ1) is 18.8. The lowest BCUT2D eigenvalue weighted by atomic mass is 10.3. The third kappa shape index (κ3) is 3.99. The molecular formula is C16H17ClN5O5P. The molecule has 28 heavy (non-hydrogen) atoms. The number of hydrogen-bond acceptors (Lipinski definition) is 9. The van der Waals surface area contributed by atoms with Crippen LogP contribution in [0.2, 0.25) is 0 Å². The van der Waals surface area contributed by atoms with Crippen LogP contribution in [0.4, 0.5) is 5.82 Å². The average molecular weight is 426 g/mol. The summed E-state index contributed by atoms with van der Waals surface area (Å²) in [5.74, 6) is 1.72. The Balaban J connectivity index is 1.36. The summed E-state index contributed by atoms with van der Waals surface area (Å²) in [5.41, 5.74) is 6.89. The second-order valence-corrected chi connectivity index (χ2v) is 9.30. The third-order valence-corrected chi connectivity index (χ3v) is 5.42. The SMILES string of the molecule is CC(Cn1cnc2c(N)ncnc21)OCP(=O)(Cl)Oc1ccc2c(c1)OCO2. The van der Waals surface area contributed by atoms with Crippen LogP contribution in [0.5, 0.6) is 17.2 Å². The minimum absolute atomic E-state index is 0.136. The van der Waals surface area contributed by atoms with Crippen molar-refractivity contribution >= 4 is 34.9 Å². The number of nitrogens with two attached hydrogens (primary N) is 1. The minimum atomic E-state index is -3.56. The molecule has 3 aromatic rings. The van der Waals surface area contributed by atoms with Crippen molar-refractivity contribution in [1.29, 1.82) is 0 Å². The van der Waals surface area contributed by atoms with Crippen LogP contribution in [-0.2, 0) is 15.8 Å². The van der Waals surface area contributed by atoms with E-state index in [2.05, 4.69) is 15.0 Å². The molecule has 0 fully saturated rings. The third-order valence-electron chi connectivity index (χ3n) is 3.98. The van der Waals surface area contributed by atoms with Gasteiger partial charge in [0.15, 0.2) is 23.0 Å².